The van der Waals surface area contributed by atoms with E-state index in [1.807, 2.05) is 4.72 Å². The summed E-state index contributed by atoms with van der Waals surface area (Å²) in [6.45, 7) is -1.25. The fourth-order valence-corrected chi connectivity index (χ4v) is 5.98. The maximum atomic E-state index is 12.4. The molecule has 0 aromatic heterocycles. The summed E-state index contributed by atoms with van der Waals surface area (Å²) in [4.78, 5) is 12.4. The highest BCUT2D eigenvalue weighted by Crippen LogP contribution is 2.39. The van der Waals surface area contributed by atoms with E-state index in [1.165, 1.54) is 11.1 Å². The van der Waals surface area contributed by atoms with Gasteiger partial charge in [-0.3, -0.25) is 0 Å². The zero-order chi connectivity index (χ0) is 20.9. The molecule has 0 radical (unpaired) electrons. The lowest BCUT2D eigenvalue weighted by molar-refractivity contribution is -0.126. The van der Waals surface area contributed by atoms with E-state index in [0.717, 1.165) is 55.3 Å². The van der Waals surface area contributed by atoms with Crippen molar-refractivity contribution < 1.29 is 26.4 Å². The fraction of sp³-hybridized carbons (Fsp3) is 0.632. The van der Waals surface area contributed by atoms with Crippen molar-refractivity contribution in [2.24, 2.45) is 0 Å². The summed E-state index contributed by atoms with van der Waals surface area (Å²) in [7, 11) is -4.08. The van der Waals surface area contributed by atoms with Crippen LogP contribution in [0.25, 0.3) is 0 Å². The van der Waals surface area contributed by atoms with Gasteiger partial charge in [-0.25, -0.2) is 17.9 Å². The number of anilines is 1. The van der Waals surface area contributed by atoms with Crippen molar-refractivity contribution in [3.63, 3.8) is 0 Å². The van der Waals surface area contributed by atoms with Gasteiger partial charge in [-0.1, -0.05) is 6.07 Å². The summed E-state index contributed by atoms with van der Waals surface area (Å²) in [5, 5.41) is 5.01. The standard InChI is InChI=1S/C19H24F3N3O3S/c20-19(21,22)10-23-18(7-8-18)11-29(27,28)25-17(26)24-16-14-5-1-3-12(14)9-13-4-2-6-15(13)16/h9,23H,1-8,10-11H2,(H2,24,25,26). The molecule has 1 fully saturated rings. The lowest BCUT2D eigenvalue weighted by Crippen LogP contribution is -2.47. The molecule has 0 spiro atoms. The molecule has 2 amide bonds. The number of urea groups is 1. The lowest BCUT2D eigenvalue weighted by atomic mass is 9.99. The molecule has 6 nitrogen and oxygen atoms in total. The van der Waals surface area contributed by atoms with Gasteiger partial charge in [0.15, 0.2) is 0 Å². The Kier molecular flexibility index (Phi) is 5.05. The number of carbonyl (C=O) groups is 1. The minimum Gasteiger partial charge on any atom is -0.307 e. The van der Waals surface area contributed by atoms with Crippen LogP contribution in [-0.4, -0.2) is 38.5 Å². The van der Waals surface area contributed by atoms with Crippen LogP contribution in [0.2, 0.25) is 0 Å². The van der Waals surface area contributed by atoms with Gasteiger partial charge in [-0.15, -0.1) is 0 Å². The number of carbonyl (C=O) groups excluding carboxylic acids is 1. The van der Waals surface area contributed by atoms with E-state index in [0.29, 0.717) is 12.8 Å². The first kappa shape index (κ1) is 20.5. The van der Waals surface area contributed by atoms with Gasteiger partial charge in [0.05, 0.1) is 12.3 Å². The molecule has 0 saturated heterocycles. The van der Waals surface area contributed by atoms with Crippen LogP contribution in [-0.2, 0) is 35.7 Å². The SMILES string of the molecule is O=C(Nc1c2c(cc3c1CCC3)CCC2)NS(=O)(=O)CC1(NCC(F)(F)F)CC1. The molecule has 0 bridgehead atoms. The zero-order valence-electron chi connectivity index (χ0n) is 15.9. The van der Waals surface area contributed by atoms with E-state index in [4.69, 9.17) is 0 Å². The lowest BCUT2D eigenvalue weighted by Gasteiger charge is -2.20. The van der Waals surface area contributed by atoms with Crippen LogP contribution in [0.15, 0.2) is 6.07 Å². The topological polar surface area (TPSA) is 87.3 Å². The Morgan fingerprint density at radius 2 is 1.62 bits per heavy atom. The number of rotatable bonds is 6. The van der Waals surface area contributed by atoms with Crippen LogP contribution in [0.1, 0.15) is 47.9 Å². The van der Waals surface area contributed by atoms with Gasteiger partial charge in [-0.05, 0) is 73.6 Å². The number of amides is 2. The van der Waals surface area contributed by atoms with Gasteiger partial charge in [-0.2, -0.15) is 13.2 Å². The van der Waals surface area contributed by atoms with Crippen molar-refractivity contribution in [2.45, 2.75) is 63.1 Å². The maximum absolute atomic E-state index is 12.4. The van der Waals surface area contributed by atoms with Crippen LogP contribution in [0.5, 0.6) is 0 Å². The Hall–Kier alpha value is -1.81. The minimum absolute atomic E-state index is 0.325. The third-order valence-corrected chi connectivity index (χ3v) is 7.37. The molecular weight excluding hydrogens is 407 g/mol. The number of fused-ring (bicyclic) bond motifs is 2. The van der Waals surface area contributed by atoms with E-state index in [1.54, 1.807) is 0 Å². The first-order valence-electron chi connectivity index (χ1n) is 9.86. The van der Waals surface area contributed by atoms with Crippen LogP contribution in [0, 0.1) is 0 Å². The minimum atomic E-state index is -4.42. The number of aryl methyl sites for hydroxylation is 2. The zero-order valence-corrected chi connectivity index (χ0v) is 16.7. The van der Waals surface area contributed by atoms with E-state index in [2.05, 4.69) is 16.7 Å². The molecule has 1 aromatic carbocycles. The summed E-state index contributed by atoms with van der Waals surface area (Å²) in [5.74, 6) is -0.561. The van der Waals surface area contributed by atoms with Crippen molar-refractivity contribution >= 4 is 21.7 Å². The van der Waals surface area contributed by atoms with Crippen LogP contribution >= 0.6 is 0 Å². The summed E-state index contributed by atoms with van der Waals surface area (Å²) in [6, 6.07) is 1.35. The molecule has 160 valence electrons. The molecule has 4 rings (SSSR count). The van der Waals surface area contributed by atoms with Crippen molar-refractivity contribution in [1.82, 2.24) is 10.0 Å². The third-order valence-electron chi connectivity index (χ3n) is 5.94. The second kappa shape index (κ2) is 7.16. The number of hydrogen-bond donors (Lipinski definition) is 3. The average Bonchev–Trinajstić information content (AvgIpc) is 3.01. The summed E-state index contributed by atoms with van der Waals surface area (Å²) < 4.78 is 64.0. The molecule has 1 aromatic rings. The van der Waals surface area contributed by atoms with Crippen molar-refractivity contribution in [3.8, 4) is 0 Å². The molecule has 29 heavy (non-hydrogen) atoms. The van der Waals surface area contributed by atoms with Gasteiger partial charge in [0.1, 0.15) is 0 Å². The molecule has 0 heterocycles. The number of halogens is 3. The third kappa shape index (κ3) is 4.69. The van der Waals surface area contributed by atoms with Crippen molar-refractivity contribution in [1.29, 1.82) is 0 Å². The van der Waals surface area contributed by atoms with Gasteiger partial charge < -0.3 is 10.6 Å². The Morgan fingerprint density at radius 1 is 1.03 bits per heavy atom. The van der Waals surface area contributed by atoms with E-state index in [9.17, 15) is 26.4 Å². The molecule has 3 N–H and O–H groups in total. The highest BCUT2D eigenvalue weighted by atomic mass is 32.2. The van der Waals surface area contributed by atoms with Crippen LogP contribution in [0.3, 0.4) is 0 Å². The molecule has 3 aliphatic rings. The first-order chi connectivity index (χ1) is 13.6. The number of hydrogen-bond acceptors (Lipinski definition) is 4. The van der Waals surface area contributed by atoms with Crippen molar-refractivity contribution in [3.05, 3.63) is 28.3 Å². The van der Waals surface area contributed by atoms with Crippen LogP contribution < -0.4 is 15.4 Å². The molecule has 0 aliphatic heterocycles. The summed E-state index contributed by atoms with van der Waals surface area (Å²) >= 11 is 0. The van der Waals surface area contributed by atoms with E-state index < -0.39 is 40.1 Å². The number of benzene rings is 1. The molecule has 0 atom stereocenters. The average molecular weight is 431 g/mol. The second-order valence-electron chi connectivity index (χ2n) is 8.30. The molecule has 10 heteroatoms. The van der Waals surface area contributed by atoms with Crippen LogP contribution in [0.4, 0.5) is 23.7 Å². The molecular formula is C19H24F3N3O3S. The quantitative estimate of drug-likeness (QED) is 0.647. The van der Waals surface area contributed by atoms with Gasteiger partial charge >= 0.3 is 12.2 Å². The largest absolute Gasteiger partial charge is 0.401 e. The van der Waals surface area contributed by atoms with Gasteiger partial charge in [0.2, 0.25) is 10.0 Å². The summed E-state index contributed by atoms with van der Waals surface area (Å²) in [5.41, 5.74) is 4.16. The highest BCUT2D eigenvalue weighted by Gasteiger charge is 2.48. The normalized spacial score (nSPS) is 19.6. The number of nitrogens with one attached hydrogen (secondary N) is 3. The first-order valence-corrected chi connectivity index (χ1v) is 11.5. The van der Waals surface area contributed by atoms with Crippen molar-refractivity contribution in [2.75, 3.05) is 17.6 Å². The number of alkyl halides is 3. The van der Waals surface area contributed by atoms with Gasteiger partial charge in [0.25, 0.3) is 0 Å². The van der Waals surface area contributed by atoms with E-state index >= 15 is 0 Å². The monoisotopic (exact) mass is 431 g/mol. The molecule has 3 aliphatic carbocycles. The Bertz CT molecular complexity index is 908. The highest BCUT2D eigenvalue weighted by molar-refractivity contribution is 7.90. The fourth-order valence-electron chi connectivity index (χ4n) is 4.46. The Morgan fingerprint density at radius 3 is 2.14 bits per heavy atom. The maximum Gasteiger partial charge on any atom is 0.401 e. The second-order valence-corrected chi connectivity index (χ2v) is 10.0. The smallest absolute Gasteiger partial charge is 0.307 e. The van der Waals surface area contributed by atoms with E-state index in [-0.39, 0.29) is 0 Å². The van der Waals surface area contributed by atoms with Gasteiger partial charge in [0, 0.05) is 11.2 Å². The number of sulfonamides is 1. The molecule has 1 saturated carbocycles. The predicted octanol–water partition coefficient (Wildman–Crippen LogP) is 2.80. The Labute approximate surface area is 167 Å². The predicted molar refractivity (Wildman–Crippen MR) is 102 cm³/mol. The summed E-state index contributed by atoms with van der Waals surface area (Å²) in [6.07, 6.45) is 1.81. The molecule has 0 unspecified atom stereocenters. The Balaban J connectivity index is 1.43.